The van der Waals surface area contributed by atoms with E-state index in [4.69, 9.17) is 5.73 Å². The summed E-state index contributed by atoms with van der Waals surface area (Å²) in [5.41, 5.74) is 7.31. The second kappa shape index (κ2) is 6.15. The van der Waals surface area contributed by atoms with Crippen LogP contribution >= 0.6 is 23.1 Å². The lowest BCUT2D eigenvalue weighted by Crippen LogP contribution is -2.42. The lowest BCUT2D eigenvalue weighted by molar-refractivity contribution is 0.456. The first-order chi connectivity index (χ1) is 7.86. The molecule has 0 aromatic carbocycles. The normalized spacial score (nSPS) is 17.8. The van der Waals surface area contributed by atoms with E-state index >= 15 is 0 Å². The Balaban J connectivity index is 1.77. The Hall–Kier alpha value is -0.680. The van der Waals surface area contributed by atoms with Gasteiger partial charge < -0.3 is 10.6 Å². The fourth-order valence-corrected chi connectivity index (χ4v) is 3.23. The van der Waals surface area contributed by atoms with E-state index in [-0.39, 0.29) is 0 Å². The maximum absolute atomic E-state index is 5.96. The predicted octanol–water partition coefficient (Wildman–Crippen LogP) is 1.65. The van der Waals surface area contributed by atoms with Crippen LogP contribution in [0.4, 0.5) is 0 Å². The van der Waals surface area contributed by atoms with Crippen molar-refractivity contribution >= 4 is 29.1 Å². The van der Waals surface area contributed by atoms with Gasteiger partial charge in [-0.05, 0) is 28.8 Å². The molecule has 0 spiro atoms. The summed E-state index contributed by atoms with van der Waals surface area (Å²) in [6.45, 7) is 2.88. The highest BCUT2D eigenvalue weighted by molar-refractivity contribution is 7.99. The standard InChI is InChI=1S/C11H17N3S2/c12-11(14-4-7-15-8-5-14)13-3-1-10-2-6-16-9-10/h2,6,9H,1,3-5,7-8H2,(H2,12,13). The summed E-state index contributed by atoms with van der Waals surface area (Å²) in [4.78, 5) is 6.62. The molecule has 1 aromatic rings. The van der Waals surface area contributed by atoms with Crippen LogP contribution in [0.3, 0.4) is 0 Å². The van der Waals surface area contributed by atoms with E-state index in [1.807, 2.05) is 11.8 Å². The van der Waals surface area contributed by atoms with Crippen LogP contribution in [0.5, 0.6) is 0 Å². The molecule has 1 saturated heterocycles. The zero-order valence-electron chi connectivity index (χ0n) is 9.26. The maximum Gasteiger partial charge on any atom is 0.191 e. The Morgan fingerprint density at radius 2 is 2.25 bits per heavy atom. The molecule has 0 atom stereocenters. The van der Waals surface area contributed by atoms with Crippen LogP contribution < -0.4 is 5.73 Å². The Morgan fingerprint density at radius 3 is 2.94 bits per heavy atom. The van der Waals surface area contributed by atoms with Gasteiger partial charge in [0.05, 0.1) is 0 Å². The predicted molar refractivity (Wildman–Crippen MR) is 73.4 cm³/mol. The molecule has 3 nitrogen and oxygen atoms in total. The number of rotatable bonds is 3. The molecule has 1 fully saturated rings. The maximum atomic E-state index is 5.96. The SMILES string of the molecule is NC(=NCCc1ccsc1)N1CCSCC1. The topological polar surface area (TPSA) is 41.6 Å². The fourth-order valence-electron chi connectivity index (χ4n) is 1.63. The molecule has 1 aliphatic rings. The zero-order chi connectivity index (χ0) is 11.2. The molecular weight excluding hydrogens is 238 g/mol. The lowest BCUT2D eigenvalue weighted by Gasteiger charge is -2.27. The summed E-state index contributed by atoms with van der Waals surface area (Å²) in [5.74, 6) is 3.05. The third-order valence-electron chi connectivity index (χ3n) is 2.59. The number of hydrogen-bond acceptors (Lipinski definition) is 3. The van der Waals surface area contributed by atoms with Crippen LogP contribution in [0, 0.1) is 0 Å². The smallest absolute Gasteiger partial charge is 0.191 e. The largest absolute Gasteiger partial charge is 0.370 e. The minimum atomic E-state index is 0.718. The van der Waals surface area contributed by atoms with E-state index in [0.717, 1.165) is 32.0 Å². The van der Waals surface area contributed by atoms with E-state index in [0.29, 0.717) is 0 Å². The van der Waals surface area contributed by atoms with Gasteiger partial charge in [-0.2, -0.15) is 23.1 Å². The molecule has 2 N–H and O–H groups in total. The molecule has 1 aliphatic heterocycles. The van der Waals surface area contributed by atoms with Crippen LogP contribution in [-0.4, -0.2) is 42.0 Å². The van der Waals surface area contributed by atoms with E-state index in [1.165, 1.54) is 17.1 Å². The highest BCUT2D eigenvalue weighted by Gasteiger charge is 2.11. The van der Waals surface area contributed by atoms with E-state index in [9.17, 15) is 0 Å². The Labute approximate surface area is 105 Å². The van der Waals surface area contributed by atoms with Gasteiger partial charge in [0.2, 0.25) is 0 Å². The molecule has 1 aromatic heterocycles. The minimum Gasteiger partial charge on any atom is -0.370 e. The van der Waals surface area contributed by atoms with Gasteiger partial charge in [-0.1, -0.05) is 0 Å². The van der Waals surface area contributed by atoms with Crippen molar-refractivity contribution in [3.8, 4) is 0 Å². The van der Waals surface area contributed by atoms with Gasteiger partial charge in [0.25, 0.3) is 0 Å². The molecule has 0 unspecified atom stereocenters. The molecular formula is C11H17N3S2. The number of guanidine groups is 1. The first-order valence-electron chi connectivity index (χ1n) is 5.50. The molecule has 0 radical (unpaired) electrons. The molecule has 0 aliphatic carbocycles. The first kappa shape index (κ1) is 11.8. The van der Waals surface area contributed by atoms with Gasteiger partial charge in [-0.3, -0.25) is 4.99 Å². The van der Waals surface area contributed by atoms with Crippen molar-refractivity contribution < 1.29 is 0 Å². The molecule has 16 heavy (non-hydrogen) atoms. The average Bonchev–Trinajstić information content (AvgIpc) is 2.83. The van der Waals surface area contributed by atoms with Crippen LogP contribution in [0.25, 0.3) is 0 Å². The van der Waals surface area contributed by atoms with Gasteiger partial charge >= 0.3 is 0 Å². The van der Waals surface area contributed by atoms with E-state index in [2.05, 4.69) is 26.7 Å². The van der Waals surface area contributed by atoms with Crippen LogP contribution in [0.1, 0.15) is 5.56 Å². The average molecular weight is 255 g/mol. The number of nitrogens with two attached hydrogens (primary N) is 1. The van der Waals surface area contributed by atoms with Crippen molar-refractivity contribution in [2.75, 3.05) is 31.1 Å². The molecule has 0 bridgehead atoms. The molecule has 0 saturated carbocycles. The molecule has 0 amide bonds. The second-order valence-corrected chi connectivity index (χ2v) is 5.73. The minimum absolute atomic E-state index is 0.718. The number of thioether (sulfide) groups is 1. The monoisotopic (exact) mass is 255 g/mol. The summed E-state index contributed by atoms with van der Waals surface area (Å²) >= 11 is 3.72. The number of thiophene rings is 1. The van der Waals surface area contributed by atoms with Crippen LogP contribution in [-0.2, 0) is 6.42 Å². The van der Waals surface area contributed by atoms with Crippen molar-refractivity contribution in [1.29, 1.82) is 0 Å². The number of aliphatic imine (C=N–C) groups is 1. The number of nitrogens with zero attached hydrogens (tertiary/aromatic N) is 2. The summed E-state index contributed by atoms with van der Waals surface area (Å²) in [6.07, 6.45) is 0.993. The fraction of sp³-hybridized carbons (Fsp3) is 0.545. The molecule has 88 valence electrons. The molecule has 2 rings (SSSR count). The van der Waals surface area contributed by atoms with Crippen molar-refractivity contribution in [3.63, 3.8) is 0 Å². The van der Waals surface area contributed by atoms with E-state index in [1.54, 1.807) is 11.3 Å². The van der Waals surface area contributed by atoms with Gasteiger partial charge in [0.1, 0.15) is 0 Å². The Kier molecular flexibility index (Phi) is 4.54. The van der Waals surface area contributed by atoms with Crippen LogP contribution in [0.2, 0.25) is 0 Å². The summed E-state index contributed by atoms with van der Waals surface area (Å²) in [5, 5.41) is 4.27. The molecule has 2 heterocycles. The third kappa shape index (κ3) is 3.42. The second-order valence-electron chi connectivity index (χ2n) is 3.72. The summed E-state index contributed by atoms with van der Waals surface area (Å²) in [7, 11) is 0. The van der Waals surface area contributed by atoms with Gasteiger partial charge in [-0.25, -0.2) is 0 Å². The third-order valence-corrected chi connectivity index (χ3v) is 4.26. The van der Waals surface area contributed by atoms with Gasteiger partial charge in [0.15, 0.2) is 5.96 Å². The summed E-state index contributed by atoms with van der Waals surface area (Å²) < 4.78 is 0. The van der Waals surface area contributed by atoms with Crippen molar-refractivity contribution in [1.82, 2.24) is 4.90 Å². The molecule has 5 heteroatoms. The lowest BCUT2D eigenvalue weighted by atomic mass is 10.2. The Morgan fingerprint density at radius 1 is 1.44 bits per heavy atom. The van der Waals surface area contributed by atoms with Crippen molar-refractivity contribution in [2.45, 2.75) is 6.42 Å². The number of hydrogen-bond donors (Lipinski definition) is 1. The van der Waals surface area contributed by atoms with Crippen LogP contribution in [0.15, 0.2) is 21.8 Å². The van der Waals surface area contributed by atoms with Gasteiger partial charge in [-0.15, -0.1) is 0 Å². The quantitative estimate of drug-likeness (QED) is 0.659. The highest BCUT2D eigenvalue weighted by atomic mass is 32.2. The summed E-state index contributed by atoms with van der Waals surface area (Å²) in [6, 6.07) is 2.15. The Bertz CT molecular complexity index is 329. The van der Waals surface area contributed by atoms with Gasteiger partial charge in [0, 0.05) is 31.1 Å². The first-order valence-corrected chi connectivity index (χ1v) is 7.60. The van der Waals surface area contributed by atoms with Crippen molar-refractivity contribution in [2.24, 2.45) is 10.7 Å². The van der Waals surface area contributed by atoms with Crippen molar-refractivity contribution in [3.05, 3.63) is 22.4 Å². The van der Waals surface area contributed by atoms with E-state index < -0.39 is 0 Å². The zero-order valence-corrected chi connectivity index (χ0v) is 10.9. The highest BCUT2D eigenvalue weighted by Crippen LogP contribution is 2.09.